The zero-order valence-corrected chi connectivity index (χ0v) is 15.0. The minimum atomic E-state index is -0.235. The Hall–Kier alpha value is -0.170. The molecule has 3 nitrogen and oxygen atoms in total. The number of nitrogens with zero attached hydrogens (tertiary/aromatic N) is 1. The van der Waals surface area contributed by atoms with E-state index in [1.54, 1.807) is 6.07 Å². The summed E-state index contributed by atoms with van der Waals surface area (Å²) in [6.07, 6.45) is 0. The first kappa shape index (κ1) is 15.2. The Morgan fingerprint density at radius 3 is 2.79 bits per heavy atom. The second-order valence-electron chi connectivity index (χ2n) is 4.39. The lowest BCUT2D eigenvalue weighted by Crippen LogP contribution is -2.26. The molecule has 0 aliphatic heterocycles. The van der Waals surface area contributed by atoms with Crippen molar-refractivity contribution in [1.82, 2.24) is 4.98 Å². The molecule has 0 aliphatic carbocycles. The Morgan fingerprint density at radius 1 is 1.47 bits per heavy atom. The van der Waals surface area contributed by atoms with Crippen molar-refractivity contribution in [2.75, 3.05) is 5.32 Å². The summed E-state index contributed by atoms with van der Waals surface area (Å²) in [5.41, 5.74) is 0.709. The highest BCUT2D eigenvalue weighted by Gasteiger charge is 2.20. The van der Waals surface area contributed by atoms with E-state index in [2.05, 4.69) is 42.2 Å². The first-order valence-corrected chi connectivity index (χ1v) is 8.49. The van der Waals surface area contributed by atoms with Crippen LogP contribution < -0.4 is 5.32 Å². The van der Waals surface area contributed by atoms with Crippen molar-refractivity contribution in [1.29, 1.82) is 0 Å². The Labute approximate surface area is 137 Å². The number of amides is 1. The number of rotatable bonds is 3. The molecule has 0 saturated carbocycles. The molecule has 0 spiro atoms. The number of benzene rings is 1. The molecule has 1 N–H and O–H groups in total. The third kappa shape index (κ3) is 3.48. The number of halogens is 3. The van der Waals surface area contributed by atoms with Crippen molar-refractivity contribution in [2.45, 2.75) is 18.7 Å². The number of hydrogen-bond donors (Lipinski definition) is 1. The van der Waals surface area contributed by atoms with Crippen LogP contribution in [0.15, 0.2) is 16.6 Å². The van der Waals surface area contributed by atoms with Gasteiger partial charge >= 0.3 is 0 Å². The van der Waals surface area contributed by atoms with Crippen LogP contribution in [0.2, 0.25) is 5.02 Å². The van der Waals surface area contributed by atoms with E-state index in [1.165, 1.54) is 11.3 Å². The predicted molar refractivity (Wildman–Crippen MR) is 88.5 cm³/mol. The van der Waals surface area contributed by atoms with Crippen molar-refractivity contribution in [2.24, 2.45) is 5.92 Å². The van der Waals surface area contributed by atoms with Crippen molar-refractivity contribution in [3.63, 3.8) is 0 Å². The van der Waals surface area contributed by atoms with Crippen LogP contribution in [0.4, 0.5) is 5.13 Å². The quantitative estimate of drug-likeness (QED) is 0.696. The Bertz CT molecular complexity index is 629. The van der Waals surface area contributed by atoms with Crippen LogP contribution in [0.5, 0.6) is 0 Å². The summed E-state index contributed by atoms with van der Waals surface area (Å²) in [5.74, 6) is 0.122. The van der Waals surface area contributed by atoms with Crippen LogP contribution in [-0.2, 0) is 4.79 Å². The van der Waals surface area contributed by atoms with Gasteiger partial charge < -0.3 is 5.32 Å². The second kappa shape index (κ2) is 6.08. The maximum absolute atomic E-state index is 11.9. The minimum absolute atomic E-state index is 0.0933. The molecule has 1 aromatic carbocycles. The van der Waals surface area contributed by atoms with Crippen LogP contribution in [0.3, 0.4) is 0 Å². The van der Waals surface area contributed by atoms with E-state index in [1.807, 2.05) is 19.9 Å². The topological polar surface area (TPSA) is 42.0 Å². The number of hydrogen-bond acceptors (Lipinski definition) is 3. The van der Waals surface area contributed by atoms with E-state index in [0.29, 0.717) is 15.7 Å². The molecule has 0 saturated heterocycles. The standard InChI is InChI=1S/C12H11Br2ClN2OS/c1-5(2)9(14)11(18)17-12-16-10-7(15)3-6(13)4-8(10)19-12/h3-5,9H,1-2H3,(H,16,17,18)/t9-/m1/s1. The molecular formula is C12H11Br2ClN2OS. The molecule has 0 radical (unpaired) electrons. The van der Waals surface area contributed by atoms with Crippen molar-refractivity contribution < 1.29 is 4.79 Å². The number of alkyl halides is 1. The maximum Gasteiger partial charge on any atom is 0.240 e. The van der Waals surface area contributed by atoms with E-state index in [9.17, 15) is 4.79 Å². The average molecular weight is 427 g/mol. The summed E-state index contributed by atoms with van der Waals surface area (Å²) >= 11 is 14.3. The largest absolute Gasteiger partial charge is 0.301 e. The lowest BCUT2D eigenvalue weighted by molar-refractivity contribution is -0.116. The lowest BCUT2D eigenvalue weighted by Gasteiger charge is -2.11. The Kier molecular flexibility index (Phi) is 4.87. The van der Waals surface area contributed by atoms with Gasteiger partial charge in [-0.15, -0.1) is 0 Å². The highest BCUT2D eigenvalue weighted by atomic mass is 79.9. The van der Waals surface area contributed by atoms with Gasteiger partial charge in [-0.25, -0.2) is 4.98 Å². The molecule has 0 aliphatic rings. The molecule has 102 valence electrons. The minimum Gasteiger partial charge on any atom is -0.301 e. The Morgan fingerprint density at radius 2 is 2.16 bits per heavy atom. The van der Waals surface area contributed by atoms with Crippen LogP contribution in [0.25, 0.3) is 10.2 Å². The third-order valence-corrected chi connectivity index (χ3v) is 5.62. The molecule has 2 rings (SSSR count). The molecule has 0 bridgehead atoms. The number of thiazole rings is 1. The van der Waals surface area contributed by atoms with Gasteiger partial charge in [0.05, 0.1) is 14.5 Å². The van der Waals surface area contributed by atoms with Crippen LogP contribution in [0.1, 0.15) is 13.8 Å². The zero-order chi connectivity index (χ0) is 14.2. The fourth-order valence-electron chi connectivity index (χ4n) is 1.49. The van der Waals surface area contributed by atoms with Crippen molar-refractivity contribution in [3.05, 3.63) is 21.6 Å². The van der Waals surface area contributed by atoms with Gasteiger partial charge in [-0.05, 0) is 18.1 Å². The second-order valence-corrected chi connectivity index (χ2v) is 7.73. The van der Waals surface area contributed by atoms with Gasteiger partial charge in [-0.3, -0.25) is 4.79 Å². The van der Waals surface area contributed by atoms with Gasteiger partial charge in [0.15, 0.2) is 5.13 Å². The normalized spacial score (nSPS) is 12.9. The molecule has 1 heterocycles. The first-order chi connectivity index (χ1) is 8.88. The fraction of sp³-hybridized carbons (Fsp3) is 0.333. The number of anilines is 1. The molecule has 0 unspecified atom stereocenters. The number of carbonyl (C=O) groups excluding carboxylic acids is 1. The molecule has 1 amide bonds. The highest BCUT2D eigenvalue weighted by Crippen LogP contribution is 2.34. The lowest BCUT2D eigenvalue weighted by atomic mass is 10.1. The molecule has 7 heteroatoms. The summed E-state index contributed by atoms with van der Waals surface area (Å²) < 4.78 is 1.83. The SMILES string of the molecule is CC(C)[C@@H](Br)C(=O)Nc1nc2c(Cl)cc(Br)cc2s1. The first-order valence-electron chi connectivity index (χ1n) is 5.59. The molecule has 19 heavy (non-hydrogen) atoms. The van der Waals surface area contributed by atoms with Gasteiger partial charge in [-0.2, -0.15) is 0 Å². The summed E-state index contributed by atoms with van der Waals surface area (Å²) in [5, 5.41) is 3.94. The van der Waals surface area contributed by atoms with Gasteiger partial charge in [-0.1, -0.05) is 68.6 Å². The van der Waals surface area contributed by atoms with E-state index in [0.717, 1.165) is 9.17 Å². The zero-order valence-electron chi connectivity index (χ0n) is 10.2. The number of nitrogens with one attached hydrogen (secondary N) is 1. The number of fused-ring (bicyclic) bond motifs is 1. The molecule has 1 atom stereocenters. The van der Waals surface area contributed by atoms with Crippen molar-refractivity contribution >= 4 is 76.1 Å². The molecule has 1 aromatic heterocycles. The fourth-order valence-corrected chi connectivity index (χ4v) is 3.60. The third-order valence-electron chi connectivity index (χ3n) is 2.48. The predicted octanol–water partition coefficient (Wildman–Crippen LogP) is 5.07. The molecule has 2 aromatic rings. The Balaban J connectivity index is 2.27. The maximum atomic E-state index is 11.9. The van der Waals surface area contributed by atoms with E-state index in [-0.39, 0.29) is 16.7 Å². The van der Waals surface area contributed by atoms with Gasteiger partial charge in [0, 0.05) is 4.47 Å². The highest BCUT2D eigenvalue weighted by molar-refractivity contribution is 9.10. The van der Waals surface area contributed by atoms with Gasteiger partial charge in [0.2, 0.25) is 5.91 Å². The van der Waals surface area contributed by atoms with E-state index >= 15 is 0 Å². The van der Waals surface area contributed by atoms with Crippen LogP contribution in [-0.4, -0.2) is 15.7 Å². The van der Waals surface area contributed by atoms with E-state index in [4.69, 9.17) is 11.6 Å². The summed E-state index contributed by atoms with van der Waals surface area (Å²) in [6.45, 7) is 3.96. The van der Waals surface area contributed by atoms with Crippen LogP contribution in [0, 0.1) is 5.92 Å². The van der Waals surface area contributed by atoms with E-state index < -0.39 is 0 Å². The molecular weight excluding hydrogens is 415 g/mol. The van der Waals surface area contributed by atoms with Crippen LogP contribution >= 0.6 is 54.8 Å². The summed E-state index contributed by atoms with van der Waals surface area (Å²) in [4.78, 5) is 16.1. The van der Waals surface area contributed by atoms with Gasteiger partial charge in [0.25, 0.3) is 0 Å². The van der Waals surface area contributed by atoms with Crippen molar-refractivity contribution in [3.8, 4) is 0 Å². The molecule has 0 fully saturated rings. The smallest absolute Gasteiger partial charge is 0.240 e. The average Bonchev–Trinajstić information content (AvgIpc) is 2.70. The summed E-state index contributed by atoms with van der Waals surface area (Å²) in [6, 6.07) is 3.72. The number of aromatic nitrogens is 1. The number of carbonyl (C=O) groups is 1. The summed E-state index contributed by atoms with van der Waals surface area (Å²) in [7, 11) is 0. The monoisotopic (exact) mass is 424 g/mol. The van der Waals surface area contributed by atoms with Gasteiger partial charge in [0.1, 0.15) is 5.52 Å².